The number of nitrogens with zero attached hydrogens (tertiary/aromatic N) is 1. The van der Waals surface area contributed by atoms with Gasteiger partial charge in [0.25, 0.3) is 0 Å². The molecule has 1 unspecified atom stereocenters. The van der Waals surface area contributed by atoms with Crippen LogP contribution in [0, 0.1) is 3.57 Å². The van der Waals surface area contributed by atoms with Crippen LogP contribution >= 0.6 is 22.6 Å². The van der Waals surface area contributed by atoms with Crippen LogP contribution in [-0.4, -0.2) is 5.54 Å². The molecule has 0 bridgehead atoms. The highest BCUT2D eigenvalue weighted by Crippen LogP contribution is 2.45. The summed E-state index contributed by atoms with van der Waals surface area (Å²) < 4.78 is 1.25. The van der Waals surface area contributed by atoms with Crippen molar-refractivity contribution in [2.45, 2.75) is 31.7 Å². The fourth-order valence-corrected chi connectivity index (χ4v) is 7.88. The Labute approximate surface area is 303 Å². The fraction of sp³-hybridized carbons (Fsp3) is 0.106. The molecule has 0 heterocycles. The van der Waals surface area contributed by atoms with Crippen molar-refractivity contribution in [1.29, 1.82) is 0 Å². The molecule has 1 atom stereocenters. The summed E-state index contributed by atoms with van der Waals surface area (Å²) >= 11 is 2.35. The van der Waals surface area contributed by atoms with Crippen molar-refractivity contribution in [1.82, 2.24) is 0 Å². The largest absolute Gasteiger partial charge is 0.335 e. The zero-order valence-corrected chi connectivity index (χ0v) is 29.8. The van der Waals surface area contributed by atoms with Crippen molar-refractivity contribution in [3.05, 3.63) is 184 Å². The van der Waals surface area contributed by atoms with Gasteiger partial charge in [0.05, 0.1) is 0 Å². The third kappa shape index (κ3) is 6.34. The molecule has 8 rings (SSSR count). The summed E-state index contributed by atoms with van der Waals surface area (Å²) in [6, 6.07) is 57.6. The molecular weight excluding hydrogens is 705 g/mol. The molecule has 2 heteroatoms. The monoisotopic (exact) mass is 743 g/mol. The van der Waals surface area contributed by atoms with Crippen LogP contribution in [0.25, 0.3) is 50.4 Å². The SMILES string of the molecule is CC1(N(c2ccccc2)c2ccc(/C=C/c3ccc(I)cc3)cc2)CC=C(c2ccc(-c3cccc4ccccc34)c3ccccc23)CC1. The number of hydrogen-bond acceptors (Lipinski definition) is 1. The Morgan fingerprint density at radius 2 is 1.08 bits per heavy atom. The van der Waals surface area contributed by atoms with E-state index >= 15 is 0 Å². The molecule has 0 aliphatic heterocycles. The quantitative estimate of drug-likeness (QED) is 0.116. The average Bonchev–Trinajstić information content (AvgIpc) is 3.15. The van der Waals surface area contributed by atoms with Gasteiger partial charge in [0, 0.05) is 20.5 Å². The molecule has 1 nitrogen and oxygen atoms in total. The van der Waals surface area contributed by atoms with Crippen LogP contribution in [0.1, 0.15) is 42.9 Å². The summed E-state index contributed by atoms with van der Waals surface area (Å²) in [5.41, 5.74) is 10.2. The van der Waals surface area contributed by atoms with Crippen molar-refractivity contribution in [2.24, 2.45) is 0 Å². The molecule has 0 radical (unpaired) electrons. The van der Waals surface area contributed by atoms with Crippen molar-refractivity contribution in [3.8, 4) is 11.1 Å². The highest BCUT2D eigenvalue weighted by atomic mass is 127. The second-order valence-electron chi connectivity index (χ2n) is 13.3. The van der Waals surface area contributed by atoms with Crippen LogP contribution in [0.2, 0.25) is 0 Å². The molecule has 0 aromatic heterocycles. The minimum Gasteiger partial charge on any atom is -0.335 e. The number of fused-ring (bicyclic) bond motifs is 2. The number of para-hydroxylation sites is 1. The van der Waals surface area contributed by atoms with Gasteiger partial charge in [-0.15, -0.1) is 0 Å². The molecule has 0 saturated carbocycles. The van der Waals surface area contributed by atoms with Crippen molar-refractivity contribution < 1.29 is 0 Å². The maximum absolute atomic E-state index is 2.56. The van der Waals surface area contributed by atoms with E-state index in [1.807, 2.05) is 0 Å². The van der Waals surface area contributed by atoms with Crippen molar-refractivity contribution in [2.75, 3.05) is 4.90 Å². The fourth-order valence-electron chi connectivity index (χ4n) is 7.52. The lowest BCUT2D eigenvalue weighted by molar-refractivity contribution is 0.423. The standard InChI is InChI=1S/C47H38IN/c1-47(49(39-12-3-2-4-13-39)40-26-22-35(23-27-40)19-18-34-20-24-38(48)25-21-34)32-30-37(31-33-47)42-28-29-46(45-16-8-7-15-43(42)45)44-17-9-11-36-10-5-6-14-41(36)44/h2-30H,31-33H2,1H3/b19-18+. The van der Waals surface area contributed by atoms with E-state index in [1.54, 1.807) is 0 Å². The first-order valence-corrected chi connectivity index (χ1v) is 18.2. The minimum atomic E-state index is -0.0674. The van der Waals surface area contributed by atoms with E-state index in [0.717, 1.165) is 19.3 Å². The normalized spacial score (nSPS) is 16.2. The summed E-state index contributed by atoms with van der Waals surface area (Å²) in [7, 11) is 0. The number of rotatable bonds is 7. The maximum atomic E-state index is 2.56. The Morgan fingerprint density at radius 1 is 0.531 bits per heavy atom. The van der Waals surface area contributed by atoms with Gasteiger partial charge in [-0.05, 0) is 140 Å². The first-order valence-electron chi connectivity index (χ1n) is 17.1. The van der Waals surface area contributed by atoms with Crippen LogP contribution in [0.3, 0.4) is 0 Å². The van der Waals surface area contributed by atoms with Gasteiger partial charge in [-0.3, -0.25) is 0 Å². The van der Waals surface area contributed by atoms with Gasteiger partial charge in [0.1, 0.15) is 0 Å². The third-order valence-corrected chi connectivity index (χ3v) is 10.8. The van der Waals surface area contributed by atoms with Gasteiger partial charge in [-0.1, -0.05) is 140 Å². The lowest BCUT2D eigenvalue weighted by Crippen LogP contribution is -2.44. The highest BCUT2D eigenvalue weighted by Gasteiger charge is 2.35. The molecule has 0 N–H and O–H groups in total. The molecule has 0 spiro atoms. The van der Waals surface area contributed by atoms with Gasteiger partial charge in [0.15, 0.2) is 0 Å². The molecule has 0 saturated heterocycles. The number of allylic oxidation sites excluding steroid dienone is 1. The van der Waals surface area contributed by atoms with Crippen molar-refractivity contribution in [3.63, 3.8) is 0 Å². The number of hydrogen-bond donors (Lipinski definition) is 0. The summed E-state index contributed by atoms with van der Waals surface area (Å²) in [6.07, 6.45) is 9.94. The first kappa shape index (κ1) is 31.3. The maximum Gasteiger partial charge on any atom is 0.0461 e. The van der Waals surface area contributed by atoms with E-state index in [0.29, 0.717) is 0 Å². The van der Waals surface area contributed by atoms with E-state index in [4.69, 9.17) is 0 Å². The first-order chi connectivity index (χ1) is 24.1. The average molecular weight is 744 g/mol. The molecule has 238 valence electrons. The number of benzene rings is 7. The Balaban J connectivity index is 1.11. The van der Waals surface area contributed by atoms with E-state index in [9.17, 15) is 0 Å². The van der Waals surface area contributed by atoms with E-state index in [2.05, 4.69) is 210 Å². The molecule has 0 amide bonds. The third-order valence-electron chi connectivity index (χ3n) is 10.1. The predicted octanol–water partition coefficient (Wildman–Crippen LogP) is 13.6. The zero-order chi connectivity index (χ0) is 33.2. The summed E-state index contributed by atoms with van der Waals surface area (Å²) in [6.45, 7) is 2.43. The van der Waals surface area contributed by atoms with E-state index in [1.165, 1.54) is 69.9 Å². The van der Waals surface area contributed by atoms with Crippen LogP contribution < -0.4 is 4.90 Å². The lowest BCUT2D eigenvalue weighted by atomic mass is 9.78. The van der Waals surface area contributed by atoms with Crippen LogP contribution in [0.4, 0.5) is 11.4 Å². The summed E-state index contributed by atoms with van der Waals surface area (Å²) in [5, 5.41) is 5.22. The molecule has 7 aromatic carbocycles. The molecule has 1 aliphatic carbocycles. The van der Waals surface area contributed by atoms with Gasteiger partial charge < -0.3 is 4.90 Å². The molecule has 0 fully saturated rings. The summed E-state index contributed by atoms with van der Waals surface area (Å²) in [4.78, 5) is 2.56. The smallest absolute Gasteiger partial charge is 0.0461 e. The Kier molecular flexibility index (Phi) is 8.65. The number of halogens is 1. The van der Waals surface area contributed by atoms with Gasteiger partial charge in [-0.2, -0.15) is 0 Å². The summed E-state index contributed by atoms with van der Waals surface area (Å²) in [5.74, 6) is 0. The topological polar surface area (TPSA) is 3.24 Å². The molecular formula is C47H38IN. The van der Waals surface area contributed by atoms with Crippen LogP contribution in [0.15, 0.2) is 164 Å². The highest BCUT2D eigenvalue weighted by molar-refractivity contribution is 14.1. The second-order valence-corrected chi connectivity index (χ2v) is 14.6. The Bertz CT molecular complexity index is 2310. The van der Waals surface area contributed by atoms with E-state index < -0.39 is 0 Å². The zero-order valence-electron chi connectivity index (χ0n) is 27.7. The molecule has 49 heavy (non-hydrogen) atoms. The van der Waals surface area contributed by atoms with Crippen LogP contribution in [0.5, 0.6) is 0 Å². The minimum absolute atomic E-state index is 0.0674. The molecule has 1 aliphatic rings. The lowest BCUT2D eigenvalue weighted by Gasteiger charge is -2.45. The van der Waals surface area contributed by atoms with Gasteiger partial charge in [-0.25, -0.2) is 0 Å². The van der Waals surface area contributed by atoms with Gasteiger partial charge >= 0.3 is 0 Å². The second kappa shape index (κ2) is 13.5. The van der Waals surface area contributed by atoms with Crippen molar-refractivity contribution >= 4 is 73.2 Å². The van der Waals surface area contributed by atoms with E-state index in [-0.39, 0.29) is 5.54 Å². The Morgan fingerprint density at radius 3 is 1.78 bits per heavy atom. The predicted molar refractivity (Wildman–Crippen MR) is 220 cm³/mol. The Hall–Kier alpha value is -4.93. The molecule has 7 aromatic rings. The van der Waals surface area contributed by atoms with Crippen LogP contribution in [-0.2, 0) is 0 Å². The van der Waals surface area contributed by atoms with Gasteiger partial charge in [0.2, 0.25) is 0 Å². The number of anilines is 2.